The lowest BCUT2D eigenvalue weighted by Crippen LogP contribution is -2.24. The van der Waals surface area contributed by atoms with Crippen LogP contribution in [0, 0.1) is 0 Å². The number of carbonyl (C=O) groups excluding carboxylic acids is 1. The molecule has 0 radical (unpaired) electrons. The molecule has 1 aromatic carbocycles. The number of Topliss-reactive ketones (excluding diaryl/α,β-unsaturated/α-hetero) is 1. The summed E-state index contributed by atoms with van der Waals surface area (Å²) in [4.78, 5) is 22.3. The van der Waals surface area contributed by atoms with Gasteiger partial charge >= 0.3 is 12.1 Å². The van der Waals surface area contributed by atoms with Crippen molar-refractivity contribution in [2.75, 3.05) is 6.54 Å². The molecule has 0 saturated heterocycles. The van der Waals surface area contributed by atoms with Gasteiger partial charge in [-0.3, -0.25) is 4.79 Å². The first-order chi connectivity index (χ1) is 10.7. The van der Waals surface area contributed by atoms with E-state index in [1.54, 1.807) is 6.92 Å². The summed E-state index contributed by atoms with van der Waals surface area (Å²) >= 11 is 0. The molecule has 23 heavy (non-hydrogen) atoms. The van der Waals surface area contributed by atoms with E-state index in [1.807, 2.05) is 36.6 Å². The molecule has 0 atom stereocenters. The topological polar surface area (TPSA) is 57.6 Å². The summed E-state index contributed by atoms with van der Waals surface area (Å²) in [5.41, 5.74) is 2.13. The van der Waals surface area contributed by atoms with Crippen LogP contribution in [0.15, 0.2) is 54.3 Å². The van der Waals surface area contributed by atoms with Gasteiger partial charge < -0.3 is 10.0 Å². The minimum Gasteiger partial charge on any atom is -0.475 e. The van der Waals surface area contributed by atoms with Crippen molar-refractivity contribution < 1.29 is 27.9 Å². The second-order valence-corrected chi connectivity index (χ2v) is 4.78. The van der Waals surface area contributed by atoms with Gasteiger partial charge in [0.25, 0.3) is 0 Å². The molecule has 1 aliphatic heterocycles. The monoisotopic (exact) mass is 327 g/mol. The van der Waals surface area contributed by atoms with Crippen LogP contribution in [0.25, 0.3) is 0 Å². The third kappa shape index (κ3) is 6.82. The van der Waals surface area contributed by atoms with Crippen molar-refractivity contribution in [1.82, 2.24) is 4.90 Å². The summed E-state index contributed by atoms with van der Waals surface area (Å²) in [5.74, 6) is -2.60. The molecule has 1 aromatic rings. The third-order valence-corrected chi connectivity index (χ3v) is 2.89. The van der Waals surface area contributed by atoms with Crippen molar-refractivity contribution in [2.45, 2.75) is 19.6 Å². The van der Waals surface area contributed by atoms with Crippen molar-refractivity contribution in [2.24, 2.45) is 0 Å². The minimum absolute atomic E-state index is 0.155. The fourth-order valence-corrected chi connectivity index (χ4v) is 1.76. The van der Waals surface area contributed by atoms with Crippen molar-refractivity contribution in [3.8, 4) is 0 Å². The molecule has 0 bridgehead atoms. The standard InChI is InChI=1S/C14H15NO.C2HF3O2/c1-12(16)14-8-5-9-15(11-14)10-13-6-3-2-4-7-13;3-2(4,5)1(6)7/h2-9H,10-11H2,1H3;(H,6,7). The van der Waals surface area contributed by atoms with Gasteiger partial charge in [-0.1, -0.05) is 36.4 Å². The summed E-state index contributed by atoms with van der Waals surface area (Å²) in [7, 11) is 0. The zero-order valence-corrected chi connectivity index (χ0v) is 12.4. The summed E-state index contributed by atoms with van der Waals surface area (Å²) in [6.45, 7) is 3.17. The highest BCUT2D eigenvalue weighted by molar-refractivity contribution is 5.94. The lowest BCUT2D eigenvalue weighted by Gasteiger charge is -2.23. The van der Waals surface area contributed by atoms with E-state index in [4.69, 9.17) is 9.90 Å². The number of carbonyl (C=O) groups is 2. The van der Waals surface area contributed by atoms with Crippen molar-refractivity contribution in [3.05, 3.63) is 59.8 Å². The molecule has 0 fully saturated rings. The molecule has 0 unspecified atom stereocenters. The Morgan fingerprint density at radius 2 is 1.78 bits per heavy atom. The number of hydrogen-bond donors (Lipinski definition) is 1. The third-order valence-electron chi connectivity index (χ3n) is 2.89. The summed E-state index contributed by atoms with van der Waals surface area (Å²) in [5, 5.41) is 7.12. The van der Waals surface area contributed by atoms with E-state index >= 15 is 0 Å². The fourth-order valence-electron chi connectivity index (χ4n) is 1.76. The molecule has 1 aliphatic rings. The number of alkyl halides is 3. The van der Waals surface area contributed by atoms with Crippen LogP contribution in [-0.4, -0.2) is 34.5 Å². The number of hydrogen-bond acceptors (Lipinski definition) is 3. The van der Waals surface area contributed by atoms with Crippen molar-refractivity contribution in [3.63, 3.8) is 0 Å². The summed E-state index contributed by atoms with van der Waals surface area (Å²) in [6, 6.07) is 10.3. The number of carboxylic acids is 1. The van der Waals surface area contributed by atoms with Gasteiger partial charge in [-0.2, -0.15) is 13.2 Å². The van der Waals surface area contributed by atoms with Crippen LogP contribution in [0.3, 0.4) is 0 Å². The Bertz CT molecular complexity index is 607. The molecular weight excluding hydrogens is 311 g/mol. The highest BCUT2D eigenvalue weighted by Crippen LogP contribution is 2.13. The zero-order chi connectivity index (χ0) is 17.5. The average Bonchev–Trinajstić information content (AvgIpc) is 2.48. The van der Waals surface area contributed by atoms with Crippen molar-refractivity contribution in [1.29, 1.82) is 0 Å². The first kappa shape index (κ1) is 18.5. The van der Waals surface area contributed by atoms with Crippen LogP contribution in [0.1, 0.15) is 12.5 Å². The number of rotatable bonds is 3. The Labute approximate surface area is 131 Å². The van der Waals surface area contributed by atoms with Gasteiger partial charge in [0, 0.05) is 18.7 Å². The molecule has 0 aromatic heterocycles. The number of halogens is 3. The smallest absolute Gasteiger partial charge is 0.475 e. The summed E-state index contributed by atoms with van der Waals surface area (Å²) < 4.78 is 31.7. The maximum atomic E-state index is 11.3. The first-order valence-electron chi connectivity index (χ1n) is 6.66. The molecule has 7 heteroatoms. The maximum Gasteiger partial charge on any atom is 0.490 e. The molecule has 0 spiro atoms. The number of carboxylic acid groups (broad SMARTS) is 1. The number of ketones is 1. The number of nitrogens with zero attached hydrogens (tertiary/aromatic N) is 1. The molecule has 2 rings (SSSR count). The molecular formula is C16H16F3NO3. The molecule has 0 amide bonds. The number of benzene rings is 1. The lowest BCUT2D eigenvalue weighted by atomic mass is 10.1. The second kappa shape index (κ2) is 8.17. The predicted molar refractivity (Wildman–Crippen MR) is 78.4 cm³/mol. The average molecular weight is 327 g/mol. The van der Waals surface area contributed by atoms with E-state index in [-0.39, 0.29) is 5.78 Å². The van der Waals surface area contributed by atoms with E-state index in [0.29, 0.717) is 6.54 Å². The van der Waals surface area contributed by atoms with Gasteiger partial charge in [0.05, 0.1) is 0 Å². The predicted octanol–water partition coefficient (Wildman–Crippen LogP) is 3.16. The van der Waals surface area contributed by atoms with Crippen LogP contribution in [0.5, 0.6) is 0 Å². The van der Waals surface area contributed by atoms with Crippen LogP contribution in [0.2, 0.25) is 0 Å². The molecule has 0 saturated carbocycles. The Balaban J connectivity index is 0.000000322. The lowest BCUT2D eigenvalue weighted by molar-refractivity contribution is -0.192. The molecule has 124 valence electrons. The second-order valence-electron chi connectivity index (χ2n) is 4.78. The number of aliphatic carboxylic acids is 1. The maximum absolute atomic E-state index is 11.3. The summed E-state index contributed by atoms with van der Waals surface area (Å²) in [6.07, 6.45) is 0.770. The SMILES string of the molecule is CC(=O)C1=CC=CN(Cc2ccccc2)C1.O=C(O)C(F)(F)F. The van der Waals surface area contributed by atoms with Gasteiger partial charge in [0.1, 0.15) is 0 Å². The molecule has 1 heterocycles. The normalized spacial score (nSPS) is 13.7. The van der Waals surface area contributed by atoms with Crippen LogP contribution < -0.4 is 0 Å². The van der Waals surface area contributed by atoms with Gasteiger partial charge in [-0.25, -0.2) is 4.79 Å². The minimum atomic E-state index is -5.08. The van der Waals surface area contributed by atoms with E-state index in [9.17, 15) is 18.0 Å². The van der Waals surface area contributed by atoms with Gasteiger partial charge in [-0.05, 0) is 24.8 Å². The van der Waals surface area contributed by atoms with Gasteiger partial charge in [0.15, 0.2) is 5.78 Å². The molecule has 0 aliphatic carbocycles. The highest BCUT2D eigenvalue weighted by Gasteiger charge is 2.38. The first-order valence-corrected chi connectivity index (χ1v) is 6.66. The Kier molecular flexibility index (Phi) is 6.56. The van der Waals surface area contributed by atoms with E-state index in [2.05, 4.69) is 17.0 Å². The fraction of sp³-hybridized carbons (Fsp3) is 0.250. The van der Waals surface area contributed by atoms with Crippen LogP contribution in [-0.2, 0) is 16.1 Å². The Hall–Kier alpha value is -2.57. The van der Waals surface area contributed by atoms with Gasteiger partial charge in [0.2, 0.25) is 0 Å². The van der Waals surface area contributed by atoms with Gasteiger partial charge in [-0.15, -0.1) is 0 Å². The number of allylic oxidation sites excluding steroid dienone is 2. The Morgan fingerprint density at radius 3 is 2.26 bits per heavy atom. The van der Waals surface area contributed by atoms with Crippen LogP contribution in [0.4, 0.5) is 13.2 Å². The van der Waals surface area contributed by atoms with E-state index in [0.717, 1.165) is 12.1 Å². The zero-order valence-electron chi connectivity index (χ0n) is 12.4. The molecule has 1 N–H and O–H groups in total. The van der Waals surface area contributed by atoms with E-state index < -0.39 is 12.1 Å². The van der Waals surface area contributed by atoms with E-state index in [1.165, 1.54) is 5.56 Å². The largest absolute Gasteiger partial charge is 0.490 e. The Morgan fingerprint density at radius 1 is 1.22 bits per heavy atom. The molecule has 4 nitrogen and oxygen atoms in total. The van der Waals surface area contributed by atoms with Crippen molar-refractivity contribution >= 4 is 11.8 Å². The highest BCUT2D eigenvalue weighted by atomic mass is 19.4. The quantitative estimate of drug-likeness (QED) is 0.926. The van der Waals surface area contributed by atoms with Crippen LogP contribution >= 0.6 is 0 Å².